The Morgan fingerprint density at radius 1 is 1.30 bits per heavy atom. The number of carbonyl (C=O) groups excluding carboxylic acids is 1. The molecule has 1 fully saturated rings. The Kier molecular flexibility index (Phi) is 2.52. The molecule has 0 bridgehead atoms. The zero-order valence-electron chi connectivity index (χ0n) is 10.8. The minimum Gasteiger partial charge on any atom is -0.454 e. The highest BCUT2D eigenvalue weighted by Gasteiger charge is 2.38. The molecule has 0 saturated heterocycles. The zero-order chi connectivity index (χ0) is 13.5. The number of benzene rings is 1. The summed E-state index contributed by atoms with van der Waals surface area (Å²) in [6, 6.07) is 5.13. The monoisotopic (exact) mass is 270 g/mol. The van der Waals surface area contributed by atoms with Crippen LogP contribution in [0.5, 0.6) is 11.5 Å². The molecule has 1 heterocycles. The van der Waals surface area contributed by atoms with E-state index in [4.69, 9.17) is 9.47 Å². The Morgan fingerprint density at radius 2 is 2.20 bits per heavy atom. The second kappa shape index (κ2) is 4.37. The van der Waals surface area contributed by atoms with Crippen LogP contribution >= 0.6 is 0 Å². The van der Waals surface area contributed by atoms with Crippen LogP contribution in [0.1, 0.15) is 23.2 Å². The number of amides is 1. The van der Waals surface area contributed by atoms with Crippen LogP contribution in [0.2, 0.25) is 0 Å². The van der Waals surface area contributed by atoms with Crippen molar-refractivity contribution in [3.63, 3.8) is 0 Å². The summed E-state index contributed by atoms with van der Waals surface area (Å²) >= 11 is 0. The summed E-state index contributed by atoms with van der Waals surface area (Å²) in [4.78, 5) is 12.1. The maximum atomic E-state index is 12.1. The predicted octanol–water partition coefficient (Wildman–Crippen LogP) is 2.10. The summed E-state index contributed by atoms with van der Waals surface area (Å²) < 4.78 is 10.5. The lowest BCUT2D eigenvalue weighted by Crippen LogP contribution is -2.35. The van der Waals surface area contributed by atoms with Gasteiger partial charge in [-0.3, -0.25) is 4.79 Å². The maximum Gasteiger partial charge on any atom is 0.271 e. The van der Waals surface area contributed by atoms with Crippen molar-refractivity contribution in [2.45, 2.75) is 12.8 Å². The quantitative estimate of drug-likeness (QED) is 0.661. The van der Waals surface area contributed by atoms with E-state index in [9.17, 15) is 4.79 Å². The molecule has 1 aliphatic heterocycles. The summed E-state index contributed by atoms with van der Waals surface area (Å²) in [5.41, 5.74) is 4.25. The molecule has 1 amide bonds. The van der Waals surface area contributed by atoms with Gasteiger partial charge in [0.2, 0.25) is 6.79 Å². The molecule has 3 aliphatic rings. The van der Waals surface area contributed by atoms with Crippen molar-refractivity contribution in [3.8, 4) is 11.5 Å². The molecule has 0 aromatic heterocycles. The Bertz CT molecular complexity index is 636. The standard InChI is InChI=1S/C15H14N2O3/c18-15(10-4-5-13-14(7-10)20-8-19-13)17-16-12-6-9-2-1-3-11(9)12/h1-2,4-5,7,9,11H,3,6,8H2,(H,17,18)/b16-12-/t9-,11-/m0/s1. The Balaban J connectivity index is 1.44. The topological polar surface area (TPSA) is 59.9 Å². The second-order valence-electron chi connectivity index (χ2n) is 5.25. The molecule has 102 valence electrons. The number of rotatable bonds is 2. The van der Waals surface area contributed by atoms with Crippen molar-refractivity contribution in [3.05, 3.63) is 35.9 Å². The molecule has 2 atom stereocenters. The minimum atomic E-state index is -0.217. The van der Waals surface area contributed by atoms with Gasteiger partial charge in [0.1, 0.15) is 0 Å². The fourth-order valence-corrected chi connectivity index (χ4v) is 2.89. The SMILES string of the molecule is O=C(N/N=C1/C[C@@H]2C=CC[C@H]12)c1ccc2c(c1)OCO2. The van der Waals surface area contributed by atoms with Gasteiger partial charge < -0.3 is 9.47 Å². The molecule has 1 saturated carbocycles. The molecule has 1 aromatic carbocycles. The third kappa shape index (κ3) is 1.78. The molecule has 1 aromatic rings. The average Bonchev–Trinajstić information content (AvgIpc) is 3.04. The van der Waals surface area contributed by atoms with Crippen LogP contribution in [-0.2, 0) is 0 Å². The summed E-state index contributed by atoms with van der Waals surface area (Å²) in [6.45, 7) is 0.207. The van der Waals surface area contributed by atoms with Crippen LogP contribution in [0.3, 0.4) is 0 Å². The van der Waals surface area contributed by atoms with Gasteiger partial charge in [0.05, 0.1) is 0 Å². The van der Waals surface area contributed by atoms with Gasteiger partial charge in [0.15, 0.2) is 11.5 Å². The first-order valence-electron chi connectivity index (χ1n) is 6.74. The van der Waals surface area contributed by atoms with E-state index in [1.165, 1.54) is 0 Å². The number of fused-ring (bicyclic) bond motifs is 2. The highest BCUT2D eigenvalue weighted by molar-refractivity contribution is 5.98. The lowest BCUT2D eigenvalue weighted by molar-refractivity contribution is 0.0953. The van der Waals surface area contributed by atoms with Gasteiger partial charge in [-0.25, -0.2) is 5.43 Å². The fraction of sp³-hybridized carbons (Fsp3) is 0.333. The van der Waals surface area contributed by atoms with Gasteiger partial charge in [0, 0.05) is 17.2 Å². The zero-order valence-corrected chi connectivity index (χ0v) is 10.8. The van der Waals surface area contributed by atoms with Crippen molar-refractivity contribution in [2.75, 3.05) is 6.79 Å². The number of hydrazone groups is 1. The van der Waals surface area contributed by atoms with Gasteiger partial charge in [-0.2, -0.15) is 5.10 Å². The van der Waals surface area contributed by atoms with Gasteiger partial charge in [-0.15, -0.1) is 0 Å². The highest BCUT2D eigenvalue weighted by atomic mass is 16.7. The first-order valence-corrected chi connectivity index (χ1v) is 6.74. The Labute approximate surface area is 116 Å². The predicted molar refractivity (Wildman–Crippen MR) is 72.8 cm³/mol. The molecule has 0 unspecified atom stereocenters. The third-order valence-corrected chi connectivity index (χ3v) is 4.10. The number of carbonyl (C=O) groups is 1. The molecule has 2 aliphatic carbocycles. The third-order valence-electron chi connectivity index (χ3n) is 4.10. The van der Waals surface area contributed by atoms with Crippen molar-refractivity contribution >= 4 is 11.6 Å². The van der Waals surface area contributed by atoms with E-state index in [2.05, 4.69) is 22.7 Å². The molecule has 5 nitrogen and oxygen atoms in total. The summed E-state index contributed by atoms with van der Waals surface area (Å²) in [5, 5.41) is 4.25. The molecule has 0 spiro atoms. The molecule has 0 radical (unpaired) electrons. The van der Waals surface area contributed by atoms with E-state index >= 15 is 0 Å². The van der Waals surface area contributed by atoms with Crippen LogP contribution in [0.15, 0.2) is 35.5 Å². The molecule has 4 rings (SSSR count). The molecule has 20 heavy (non-hydrogen) atoms. The Morgan fingerprint density at radius 3 is 3.10 bits per heavy atom. The molecular weight excluding hydrogens is 256 g/mol. The van der Waals surface area contributed by atoms with Crippen LogP contribution in [0.25, 0.3) is 0 Å². The van der Waals surface area contributed by atoms with Gasteiger partial charge >= 0.3 is 0 Å². The molecule has 1 N–H and O–H groups in total. The van der Waals surface area contributed by atoms with Crippen molar-refractivity contribution < 1.29 is 14.3 Å². The van der Waals surface area contributed by atoms with Crippen molar-refractivity contribution in [1.29, 1.82) is 0 Å². The smallest absolute Gasteiger partial charge is 0.271 e. The number of allylic oxidation sites excluding steroid dienone is 2. The first-order chi connectivity index (χ1) is 9.81. The number of hydrogen-bond acceptors (Lipinski definition) is 4. The maximum absolute atomic E-state index is 12.1. The van der Waals surface area contributed by atoms with E-state index in [0.717, 1.165) is 18.6 Å². The van der Waals surface area contributed by atoms with E-state index in [1.807, 2.05) is 0 Å². The van der Waals surface area contributed by atoms with Gasteiger partial charge in [-0.05, 0) is 37.0 Å². The van der Waals surface area contributed by atoms with Crippen LogP contribution < -0.4 is 14.9 Å². The Hall–Kier alpha value is -2.30. The van der Waals surface area contributed by atoms with E-state index in [0.29, 0.717) is 28.9 Å². The summed E-state index contributed by atoms with van der Waals surface area (Å²) in [7, 11) is 0. The van der Waals surface area contributed by atoms with Crippen molar-refractivity contribution in [1.82, 2.24) is 5.43 Å². The number of nitrogens with one attached hydrogen (secondary N) is 1. The van der Waals surface area contributed by atoms with Crippen LogP contribution in [0.4, 0.5) is 0 Å². The number of nitrogens with zero attached hydrogens (tertiary/aromatic N) is 1. The summed E-state index contributed by atoms with van der Waals surface area (Å²) in [5.74, 6) is 2.20. The summed E-state index contributed by atoms with van der Waals surface area (Å²) in [6.07, 6.45) is 6.44. The highest BCUT2D eigenvalue weighted by Crippen LogP contribution is 2.40. The normalized spacial score (nSPS) is 27.3. The van der Waals surface area contributed by atoms with E-state index in [1.54, 1.807) is 18.2 Å². The lowest BCUT2D eigenvalue weighted by atomic mass is 9.74. The second-order valence-corrected chi connectivity index (χ2v) is 5.25. The largest absolute Gasteiger partial charge is 0.454 e. The van der Waals surface area contributed by atoms with Gasteiger partial charge in [-0.1, -0.05) is 12.2 Å². The minimum absolute atomic E-state index is 0.207. The fourth-order valence-electron chi connectivity index (χ4n) is 2.89. The average molecular weight is 270 g/mol. The molecule has 5 heteroatoms. The van der Waals surface area contributed by atoms with E-state index < -0.39 is 0 Å². The number of ether oxygens (including phenoxy) is 2. The van der Waals surface area contributed by atoms with Gasteiger partial charge in [0.25, 0.3) is 5.91 Å². The van der Waals surface area contributed by atoms with Crippen molar-refractivity contribution in [2.24, 2.45) is 16.9 Å². The number of hydrogen-bond donors (Lipinski definition) is 1. The van der Waals surface area contributed by atoms with E-state index in [-0.39, 0.29) is 12.7 Å². The van der Waals surface area contributed by atoms with Crippen LogP contribution in [-0.4, -0.2) is 18.4 Å². The lowest BCUT2D eigenvalue weighted by Gasteiger charge is -2.31. The van der Waals surface area contributed by atoms with Crippen LogP contribution in [0, 0.1) is 11.8 Å². The first kappa shape index (κ1) is 11.5. The molecular formula is C15H14N2O3.